The third kappa shape index (κ3) is 6.20. The molecule has 2 aromatic carbocycles. The number of nitro benzene ring substituents is 1. The van der Waals surface area contributed by atoms with Gasteiger partial charge in [-0.25, -0.2) is 19.3 Å². The Kier molecular flexibility index (Phi) is 8.52. The summed E-state index contributed by atoms with van der Waals surface area (Å²) in [6, 6.07) is 12.2. The van der Waals surface area contributed by atoms with Gasteiger partial charge in [-0.2, -0.15) is 0 Å². The normalized spacial score (nSPS) is 21.3. The first-order valence-electron chi connectivity index (χ1n) is 16.1. The Labute approximate surface area is 277 Å². The van der Waals surface area contributed by atoms with Crippen molar-refractivity contribution in [1.82, 2.24) is 19.9 Å². The number of nitro groups is 1. The standard InChI is InChI=1S/C34H39N7O7/c1-20-9-29(38(2)15-22-5-6-25(45-3)14-31(22)46-4)32-33(36-20)40(19-35-32)34(42)37-28-7-8-30(28)47-18-21-10-23(12-24(11-21)41(43)44)39-16-26-13-27(17-39)48-26/h5-6,9-12,14,19,26-28,30H,7-8,13,15-18H2,1-4H3,(H,37,42)/t26?,27?,28-,30-/m1/s1. The van der Waals surface area contributed by atoms with E-state index in [0.717, 1.165) is 60.5 Å². The number of amides is 1. The molecule has 14 nitrogen and oxygen atoms in total. The van der Waals surface area contributed by atoms with Crippen LogP contribution in [0.2, 0.25) is 0 Å². The number of fused-ring (bicyclic) bond motifs is 3. The van der Waals surface area contributed by atoms with E-state index in [1.165, 1.54) is 10.9 Å². The summed E-state index contributed by atoms with van der Waals surface area (Å²) in [6.07, 6.45) is 4.20. The first kappa shape index (κ1) is 31.6. The Hall–Kier alpha value is -4.95. The smallest absolute Gasteiger partial charge is 0.328 e. The molecule has 1 N–H and O–H groups in total. The molecule has 48 heavy (non-hydrogen) atoms. The van der Waals surface area contributed by atoms with Gasteiger partial charge in [0.25, 0.3) is 5.69 Å². The van der Waals surface area contributed by atoms with Crippen LogP contribution in [0.4, 0.5) is 21.9 Å². The van der Waals surface area contributed by atoms with Gasteiger partial charge >= 0.3 is 6.03 Å². The van der Waals surface area contributed by atoms with Crippen LogP contribution in [-0.4, -0.2) is 84.2 Å². The number of methoxy groups -OCH3 is 2. The van der Waals surface area contributed by atoms with Crippen LogP contribution in [-0.2, 0) is 22.6 Å². The minimum atomic E-state index is -0.370. The molecule has 3 aliphatic heterocycles. The average molecular weight is 658 g/mol. The molecule has 1 amide bonds. The van der Waals surface area contributed by atoms with Crippen molar-refractivity contribution in [2.75, 3.05) is 44.2 Å². The Morgan fingerprint density at radius 1 is 1.12 bits per heavy atom. The highest BCUT2D eigenvalue weighted by Gasteiger charge is 2.39. The maximum Gasteiger partial charge on any atom is 0.328 e. The summed E-state index contributed by atoms with van der Waals surface area (Å²) >= 11 is 0. The largest absolute Gasteiger partial charge is 0.497 e. The molecule has 2 aromatic heterocycles. The van der Waals surface area contributed by atoms with Crippen molar-refractivity contribution < 1.29 is 28.7 Å². The second kappa shape index (κ2) is 12.9. The fourth-order valence-corrected chi connectivity index (χ4v) is 6.72. The van der Waals surface area contributed by atoms with E-state index >= 15 is 0 Å². The van der Waals surface area contributed by atoms with Gasteiger partial charge in [-0.15, -0.1) is 0 Å². The van der Waals surface area contributed by atoms with Gasteiger partial charge in [0, 0.05) is 68.2 Å². The summed E-state index contributed by atoms with van der Waals surface area (Å²) in [6.45, 7) is 4.07. The minimum absolute atomic E-state index is 0.0349. The fourth-order valence-electron chi connectivity index (χ4n) is 6.72. The van der Waals surface area contributed by atoms with Gasteiger partial charge in [0.2, 0.25) is 0 Å². The number of hydrogen-bond acceptors (Lipinski definition) is 11. The Morgan fingerprint density at radius 3 is 2.60 bits per heavy atom. The van der Waals surface area contributed by atoms with Crippen LogP contribution < -0.4 is 24.6 Å². The summed E-state index contributed by atoms with van der Waals surface area (Å²) in [4.78, 5) is 38.3. The maximum atomic E-state index is 13.5. The molecular formula is C34H39N7O7. The number of nitrogens with one attached hydrogen (secondary N) is 1. The molecular weight excluding hydrogens is 618 g/mol. The van der Waals surface area contributed by atoms with Crippen LogP contribution in [0.5, 0.6) is 11.5 Å². The van der Waals surface area contributed by atoms with E-state index in [-0.39, 0.29) is 47.6 Å². The number of aryl methyl sites for hydroxylation is 1. The van der Waals surface area contributed by atoms with Crippen LogP contribution in [0.25, 0.3) is 11.2 Å². The lowest BCUT2D eigenvalue weighted by Gasteiger charge is -2.48. The molecule has 1 aliphatic carbocycles. The number of piperidine rings is 1. The van der Waals surface area contributed by atoms with E-state index in [9.17, 15) is 14.9 Å². The predicted octanol–water partition coefficient (Wildman–Crippen LogP) is 4.58. The summed E-state index contributed by atoms with van der Waals surface area (Å²) in [5.74, 6) is 1.42. The molecule has 0 spiro atoms. The Morgan fingerprint density at radius 2 is 1.92 bits per heavy atom. The second-order valence-electron chi connectivity index (χ2n) is 12.7. The van der Waals surface area contributed by atoms with Crippen molar-refractivity contribution in [3.05, 3.63) is 75.7 Å². The number of aromatic nitrogens is 3. The van der Waals surface area contributed by atoms with Crippen LogP contribution in [0.1, 0.15) is 36.1 Å². The first-order valence-corrected chi connectivity index (χ1v) is 16.1. The van der Waals surface area contributed by atoms with Gasteiger partial charge in [0.1, 0.15) is 23.3 Å². The predicted molar refractivity (Wildman–Crippen MR) is 178 cm³/mol. The summed E-state index contributed by atoms with van der Waals surface area (Å²) in [5, 5.41) is 14.8. The minimum Gasteiger partial charge on any atom is -0.497 e. The van der Waals surface area contributed by atoms with E-state index in [1.807, 2.05) is 49.2 Å². The number of imidazole rings is 1. The van der Waals surface area contributed by atoms with Gasteiger partial charge in [-0.3, -0.25) is 10.1 Å². The van der Waals surface area contributed by atoms with Gasteiger partial charge in [-0.05, 0) is 49.6 Å². The monoisotopic (exact) mass is 657 g/mol. The molecule has 8 rings (SSSR count). The molecule has 4 aromatic rings. The van der Waals surface area contributed by atoms with Crippen molar-refractivity contribution in [2.24, 2.45) is 0 Å². The van der Waals surface area contributed by atoms with Crippen molar-refractivity contribution in [3.63, 3.8) is 0 Å². The zero-order valence-corrected chi connectivity index (χ0v) is 27.4. The number of benzene rings is 2. The molecule has 2 bridgehead atoms. The Balaban J connectivity index is 1.02. The number of rotatable bonds is 11. The highest BCUT2D eigenvalue weighted by molar-refractivity contribution is 5.93. The maximum absolute atomic E-state index is 13.5. The number of anilines is 2. The fraction of sp³-hybridized carbons (Fsp3) is 0.441. The van der Waals surface area contributed by atoms with Crippen LogP contribution in [0.3, 0.4) is 0 Å². The summed E-state index contributed by atoms with van der Waals surface area (Å²) in [7, 11) is 5.20. The molecule has 3 saturated heterocycles. The number of pyridine rings is 1. The summed E-state index contributed by atoms with van der Waals surface area (Å²) < 4.78 is 24.3. The van der Waals surface area contributed by atoms with E-state index in [0.29, 0.717) is 29.2 Å². The Bertz CT molecular complexity index is 1850. The first-order chi connectivity index (χ1) is 23.2. The SMILES string of the molecule is COc1ccc(CN(C)c2cc(C)nc3c2ncn3C(=O)N[C@@H]2CC[C@H]2OCc2cc(N3CC4CC(C3)O4)cc([N+](=O)[O-])c2)c(OC)c1. The number of non-ortho nitro benzene ring substituents is 1. The zero-order valence-electron chi connectivity index (χ0n) is 27.4. The lowest BCUT2D eigenvalue weighted by Crippen LogP contribution is -2.57. The van der Waals surface area contributed by atoms with Crippen LogP contribution in [0, 0.1) is 17.0 Å². The van der Waals surface area contributed by atoms with E-state index in [2.05, 4.69) is 20.2 Å². The van der Waals surface area contributed by atoms with E-state index in [1.54, 1.807) is 26.4 Å². The molecule has 14 heteroatoms. The molecule has 4 aliphatic rings. The van der Waals surface area contributed by atoms with Crippen molar-refractivity contribution in [2.45, 2.75) is 63.7 Å². The third-order valence-electron chi connectivity index (χ3n) is 9.43. The van der Waals surface area contributed by atoms with E-state index in [4.69, 9.17) is 18.9 Å². The second-order valence-corrected chi connectivity index (χ2v) is 12.7. The van der Waals surface area contributed by atoms with Gasteiger partial charge < -0.3 is 34.1 Å². The van der Waals surface area contributed by atoms with E-state index < -0.39 is 0 Å². The highest BCUT2D eigenvalue weighted by Crippen LogP contribution is 2.35. The number of morpholine rings is 1. The van der Waals surface area contributed by atoms with Gasteiger partial charge in [0.05, 0.1) is 55.8 Å². The third-order valence-corrected chi connectivity index (χ3v) is 9.43. The number of carbonyl (C=O) groups is 1. The highest BCUT2D eigenvalue weighted by atomic mass is 16.6. The lowest BCUT2D eigenvalue weighted by molar-refractivity contribution is -0.384. The van der Waals surface area contributed by atoms with Crippen molar-refractivity contribution >= 4 is 34.3 Å². The van der Waals surface area contributed by atoms with Gasteiger partial charge in [0.15, 0.2) is 5.65 Å². The number of ether oxygens (including phenoxy) is 4. The number of carbonyl (C=O) groups excluding carboxylic acids is 1. The van der Waals surface area contributed by atoms with Gasteiger partial charge in [-0.1, -0.05) is 0 Å². The van der Waals surface area contributed by atoms with Crippen LogP contribution in [0.15, 0.2) is 48.8 Å². The molecule has 1 saturated carbocycles. The molecule has 5 heterocycles. The molecule has 0 radical (unpaired) electrons. The molecule has 2 unspecified atom stereocenters. The number of hydrogen-bond donors (Lipinski definition) is 1. The van der Waals surface area contributed by atoms with Crippen molar-refractivity contribution in [3.8, 4) is 11.5 Å². The molecule has 4 atom stereocenters. The molecule has 4 fully saturated rings. The van der Waals surface area contributed by atoms with Crippen molar-refractivity contribution in [1.29, 1.82) is 0 Å². The lowest BCUT2D eigenvalue weighted by atomic mass is 9.89. The van der Waals surface area contributed by atoms with Crippen LogP contribution >= 0.6 is 0 Å². The topological polar surface area (TPSA) is 146 Å². The molecule has 252 valence electrons. The summed E-state index contributed by atoms with van der Waals surface area (Å²) in [5.41, 5.74) is 5.17. The quantitative estimate of drug-likeness (QED) is 0.179. The average Bonchev–Trinajstić information content (AvgIpc) is 3.49. The zero-order chi connectivity index (χ0) is 33.5. The number of nitrogens with zero attached hydrogens (tertiary/aromatic N) is 6.